The first kappa shape index (κ1) is 24.8. The highest BCUT2D eigenvalue weighted by Gasteiger charge is 2.51. The number of halogens is 4. The number of pyridine rings is 1. The molecule has 2 amide bonds. The molecule has 1 fully saturated rings. The van der Waals surface area contributed by atoms with E-state index in [1.165, 1.54) is 36.4 Å². The van der Waals surface area contributed by atoms with Gasteiger partial charge >= 0.3 is 12.2 Å². The molecule has 1 atom stereocenters. The van der Waals surface area contributed by atoms with Gasteiger partial charge in [-0.1, -0.05) is 12.1 Å². The maximum Gasteiger partial charge on any atom is 0.443 e. The van der Waals surface area contributed by atoms with Crippen LogP contribution in [0.4, 0.5) is 22.4 Å². The largest absolute Gasteiger partial charge is 0.463 e. The lowest BCUT2D eigenvalue weighted by molar-refractivity contribution is -0.291. The molecule has 1 aliphatic rings. The van der Waals surface area contributed by atoms with Crippen molar-refractivity contribution in [2.24, 2.45) is 0 Å². The van der Waals surface area contributed by atoms with E-state index in [0.717, 1.165) is 32.1 Å². The Morgan fingerprint density at radius 2 is 1.88 bits per heavy atom. The SMILES string of the molecule is [B]C(O)(Oc1ccc(CNC(=O)N(Cc2ccc(F)cn2)C2CCNCC2)cc1)C(F)(F)F. The molecule has 33 heavy (non-hydrogen) atoms. The second kappa shape index (κ2) is 10.4. The monoisotopic (exact) mass is 466 g/mol. The standard InChI is InChI=1S/C21H23BF4N4O3/c22-20(32,21(24,25)26)33-18-5-1-14(2-6-18)11-29-19(31)30(17-7-9-27-10-8-17)13-16-4-3-15(23)12-28-16/h1-6,12,17,27,32H,7-11,13H2,(H,29,31). The van der Waals surface area contributed by atoms with Gasteiger partial charge in [0.15, 0.2) is 7.85 Å². The first-order valence-corrected chi connectivity index (χ1v) is 10.3. The molecule has 0 saturated carbocycles. The molecule has 176 valence electrons. The number of hydrogen-bond acceptors (Lipinski definition) is 5. The van der Waals surface area contributed by atoms with Crippen molar-refractivity contribution in [2.45, 2.75) is 43.8 Å². The molecule has 1 aromatic carbocycles. The summed E-state index contributed by atoms with van der Waals surface area (Å²) in [7, 11) is 4.75. The molecule has 1 aromatic heterocycles. The minimum Gasteiger partial charge on any atom is -0.463 e. The Kier molecular flexibility index (Phi) is 7.80. The van der Waals surface area contributed by atoms with Crippen molar-refractivity contribution < 1.29 is 32.2 Å². The fourth-order valence-electron chi connectivity index (χ4n) is 3.35. The maximum atomic E-state index is 13.2. The lowest BCUT2D eigenvalue weighted by atomic mass is 9.94. The maximum absolute atomic E-state index is 13.2. The normalized spacial score (nSPS) is 16.6. The number of hydrogen-bond donors (Lipinski definition) is 3. The predicted molar refractivity (Wildman–Crippen MR) is 112 cm³/mol. The Hall–Kier alpha value is -2.86. The molecule has 2 heterocycles. The molecule has 0 spiro atoms. The van der Waals surface area contributed by atoms with E-state index in [1.54, 1.807) is 4.90 Å². The van der Waals surface area contributed by atoms with Crippen LogP contribution in [-0.4, -0.2) is 59.9 Å². The minimum atomic E-state index is -5.17. The molecule has 1 unspecified atom stereocenters. The third kappa shape index (κ3) is 6.81. The number of carbonyl (C=O) groups is 1. The third-order valence-electron chi connectivity index (χ3n) is 5.18. The Labute approximate surface area is 189 Å². The molecule has 2 radical (unpaired) electrons. The first-order valence-electron chi connectivity index (χ1n) is 10.3. The smallest absolute Gasteiger partial charge is 0.443 e. The van der Waals surface area contributed by atoms with Crippen molar-refractivity contribution in [3.63, 3.8) is 0 Å². The second-order valence-electron chi connectivity index (χ2n) is 7.68. The summed E-state index contributed by atoms with van der Waals surface area (Å²) >= 11 is 0. The van der Waals surface area contributed by atoms with Crippen LogP contribution in [0.1, 0.15) is 24.1 Å². The van der Waals surface area contributed by atoms with E-state index in [1.807, 2.05) is 0 Å². The molecule has 1 saturated heterocycles. The van der Waals surface area contributed by atoms with Crippen molar-refractivity contribution in [1.29, 1.82) is 0 Å². The van der Waals surface area contributed by atoms with Gasteiger partial charge < -0.3 is 25.4 Å². The van der Waals surface area contributed by atoms with Crippen molar-refractivity contribution in [3.8, 4) is 5.75 Å². The summed E-state index contributed by atoms with van der Waals surface area (Å²) in [6.45, 7) is 1.83. The van der Waals surface area contributed by atoms with Crippen LogP contribution in [0.2, 0.25) is 0 Å². The highest BCUT2D eigenvalue weighted by molar-refractivity contribution is 6.14. The average Bonchev–Trinajstić information content (AvgIpc) is 2.77. The zero-order valence-corrected chi connectivity index (χ0v) is 17.6. The van der Waals surface area contributed by atoms with Gasteiger partial charge in [-0.3, -0.25) is 4.98 Å². The van der Waals surface area contributed by atoms with Crippen LogP contribution in [0.3, 0.4) is 0 Å². The van der Waals surface area contributed by atoms with Gasteiger partial charge in [-0.2, -0.15) is 13.2 Å². The molecule has 3 N–H and O–H groups in total. The van der Waals surface area contributed by atoms with Crippen molar-refractivity contribution in [3.05, 3.63) is 59.7 Å². The van der Waals surface area contributed by atoms with Crippen LogP contribution in [-0.2, 0) is 13.1 Å². The molecule has 0 aliphatic carbocycles. The van der Waals surface area contributed by atoms with Gasteiger partial charge in [0.2, 0.25) is 0 Å². The van der Waals surface area contributed by atoms with Crippen LogP contribution in [0.15, 0.2) is 42.6 Å². The number of urea groups is 1. The summed E-state index contributed by atoms with van der Waals surface area (Å²) in [5.74, 6) is -0.751. The van der Waals surface area contributed by atoms with Crippen LogP contribution in [0, 0.1) is 5.82 Å². The Bertz CT molecular complexity index is 921. The fraction of sp³-hybridized carbons (Fsp3) is 0.429. The minimum absolute atomic E-state index is 0.0292. The molecule has 0 bridgehead atoms. The number of ether oxygens (including phenoxy) is 1. The van der Waals surface area contributed by atoms with Gasteiger partial charge in [0, 0.05) is 12.6 Å². The van der Waals surface area contributed by atoms with E-state index in [-0.39, 0.29) is 30.9 Å². The van der Waals surface area contributed by atoms with Gasteiger partial charge in [0.05, 0.1) is 18.4 Å². The summed E-state index contributed by atoms with van der Waals surface area (Å²) in [6, 6.07) is 7.73. The molecular weight excluding hydrogens is 443 g/mol. The number of piperidine rings is 1. The predicted octanol–water partition coefficient (Wildman–Crippen LogP) is 2.44. The first-order chi connectivity index (χ1) is 15.5. The summed E-state index contributed by atoms with van der Waals surface area (Å²) in [5.41, 5.74) is -2.68. The highest BCUT2D eigenvalue weighted by atomic mass is 19.4. The Balaban J connectivity index is 1.62. The Morgan fingerprint density at radius 3 is 2.45 bits per heavy atom. The van der Waals surface area contributed by atoms with Gasteiger partial charge in [0.25, 0.3) is 5.69 Å². The third-order valence-corrected chi connectivity index (χ3v) is 5.18. The van der Waals surface area contributed by atoms with Gasteiger partial charge in [-0.25, -0.2) is 9.18 Å². The second-order valence-corrected chi connectivity index (χ2v) is 7.68. The Morgan fingerprint density at radius 1 is 1.21 bits per heavy atom. The molecule has 7 nitrogen and oxygen atoms in total. The van der Waals surface area contributed by atoms with E-state index in [4.69, 9.17) is 7.85 Å². The van der Waals surface area contributed by atoms with Gasteiger partial charge in [0.1, 0.15) is 11.6 Å². The van der Waals surface area contributed by atoms with Crippen LogP contribution in [0.5, 0.6) is 5.75 Å². The lowest BCUT2D eigenvalue weighted by Gasteiger charge is -2.34. The summed E-state index contributed by atoms with van der Waals surface area (Å²) < 4.78 is 55.5. The van der Waals surface area contributed by atoms with E-state index in [0.29, 0.717) is 11.3 Å². The number of nitrogens with zero attached hydrogens (tertiary/aromatic N) is 2. The van der Waals surface area contributed by atoms with Crippen molar-refractivity contribution in [1.82, 2.24) is 20.5 Å². The fourth-order valence-corrected chi connectivity index (χ4v) is 3.35. The molecule has 1 aliphatic heterocycles. The number of benzene rings is 1. The number of carbonyl (C=O) groups excluding carboxylic acids is 1. The van der Waals surface area contributed by atoms with E-state index >= 15 is 0 Å². The van der Waals surface area contributed by atoms with Crippen LogP contribution < -0.4 is 15.4 Å². The van der Waals surface area contributed by atoms with Crippen LogP contribution >= 0.6 is 0 Å². The molecule has 12 heteroatoms. The molecular formula is C21H23BF4N4O3. The average molecular weight is 466 g/mol. The number of rotatable bonds is 7. The van der Waals surface area contributed by atoms with Crippen molar-refractivity contribution in [2.75, 3.05) is 13.1 Å². The molecule has 3 rings (SSSR count). The summed E-state index contributed by atoms with van der Waals surface area (Å²) in [6.07, 6.45) is -2.57. The summed E-state index contributed by atoms with van der Waals surface area (Å²) in [5, 5.41) is 15.2. The molecule has 2 aromatic rings. The highest BCUT2D eigenvalue weighted by Crippen LogP contribution is 2.30. The number of nitrogens with one attached hydrogen (secondary N) is 2. The van der Waals surface area contributed by atoms with Gasteiger partial charge in [-0.05, 0) is 55.8 Å². The topological polar surface area (TPSA) is 86.7 Å². The summed E-state index contributed by atoms with van der Waals surface area (Å²) in [4.78, 5) is 18.6. The number of aromatic nitrogens is 1. The quantitative estimate of drug-likeness (QED) is 0.332. The van der Waals surface area contributed by atoms with E-state index < -0.39 is 17.7 Å². The zero-order valence-electron chi connectivity index (χ0n) is 17.6. The van der Waals surface area contributed by atoms with Crippen LogP contribution in [0.25, 0.3) is 0 Å². The van der Waals surface area contributed by atoms with Gasteiger partial charge in [-0.15, -0.1) is 0 Å². The van der Waals surface area contributed by atoms with E-state index in [9.17, 15) is 27.5 Å². The number of aliphatic hydroxyl groups is 1. The number of alkyl halides is 3. The lowest BCUT2D eigenvalue weighted by Crippen LogP contribution is -2.50. The number of amides is 2. The van der Waals surface area contributed by atoms with Crippen molar-refractivity contribution >= 4 is 13.9 Å². The van der Waals surface area contributed by atoms with E-state index in [2.05, 4.69) is 20.4 Å². The zero-order chi connectivity index (χ0) is 24.1.